The maximum absolute atomic E-state index is 11.8. The molecule has 0 aliphatic carbocycles. The summed E-state index contributed by atoms with van der Waals surface area (Å²) in [6, 6.07) is 18.9. The highest BCUT2D eigenvalue weighted by molar-refractivity contribution is 5.98. The Hall–Kier alpha value is -3.06. The lowest BCUT2D eigenvalue weighted by atomic mass is 10.1. The van der Waals surface area contributed by atoms with E-state index in [-0.39, 0.29) is 11.7 Å². The molecule has 24 heavy (non-hydrogen) atoms. The largest absolute Gasteiger partial charge is 0.489 e. The van der Waals surface area contributed by atoms with E-state index in [2.05, 4.69) is 0 Å². The van der Waals surface area contributed by atoms with E-state index in [1.165, 1.54) is 6.08 Å². The average Bonchev–Trinajstić information content (AvgIpc) is 2.58. The Bertz CT molecular complexity index is 758. The van der Waals surface area contributed by atoms with E-state index in [1.807, 2.05) is 48.5 Å². The smallest absolute Gasteiger partial charge is 0.349 e. The number of benzene rings is 2. The van der Waals surface area contributed by atoms with Gasteiger partial charge in [0.2, 0.25) is 0 Å². The van der Waals surface area contributed by atoms with Crippen LogP contribution in [0.3, 0.4) is 0 Å². The van der Waals surface area contributed by atoms with Gasteiger partial charge in [0.15, 0.2) is 0 Å². The van der Waals surface area contributed by atoms with Gasteiger partial charge in [0.1, 0.15) is 24.0 Å². The van der Waals surface area contributed by atoms with Gasteiger partial charge in [-0.25, -0.2) is 4.79 Å². The summed E-state index contributed by atoms with van der Waals surface area (Å²) < 4.78 is 10.8. The van der Waals surface area contributed by atoms with Gasteiger partial charge < -0.3 is 9.47 Å². The molecule has 2 rings (SSSR count). The van der Waals surface area contributed by atoms with Crippen molar-refractivity contribution in [1.82, 2.24) is 0 Å². The molecule has 0 fully saturated rings. The van der Waals surface area contributed by atoms with Gasteiger partial charge in [-0.1, -0.05) is 42.5 Å². The van der Waals surface area contributed by atoms with Gasteiger partial charge in [0.05, 0.1) is 6.10 Å². The predicted octanol–water partition coefficient (Wildman–Crippen LogP) is 4.12. The fourth-order valence-corrected chi connectivity index (χ4v) is 2.02. The molecule has 0 spiro atoms. The molecule has 0 heterocycles. The van der Waals surface area contributed by atoms with Crippen molar-refractivity contribution in [2.24, 2.45) is 0 Å². The number of hydrogen-bond donors (Lipinski definition) is 0. The zero-order chi connectivity index (χ0) is 17.4. The first-order valence-corrected chi connectivity index (χ1v) is 7.68. The Kier molecular flexibility index (Phi) is 6.16. The summed E-state index contributed by atoms with van der Waals surface area (Å²) in [6.45, 7) is 3.93. The van der Waals surface area contributed by atoms with Gasteiger partial charge in [-0.05, 0) is 43.2 Å². The fraction of sp³-hybridized carbons (Fsp3) is 0.200. The molecule has 0 aromatic heterocycles. The number of hydrogen-bond acceptors (Lipinski definition) is 4. The topological polar surface area (TPSA) is 59.3 Å². The lowest BCUT2D eigenvalue weighted by molar-refractivity contribution is -0.142. The van der Waals surface area contributed by atoms with Crippen LogP contribution in [0, 0.1) is 11.3 Å². The Morgan fingerprint density at radius 3 is 2.58 bits per heavy atom. The second-order valence-corrected chi connectivity index (χ2v) is 5.47. The van der Waals surface area contributed by atoms with E-state index in [0.29, 0.717) is 17.9 Å². The Morgan fingerprint density at radius 1 is 1.17 bits per heavy atom. The molecule has 4 heteroatoms. The lowest BCUT2D eigenvalue weighted by Gasteiger charge is -2.08. The van der Waals surface area contributed by atoms with E-state index >= 15 is 0 Å². The number of nitriles is 1. The third kappa shape index (κ3) is 5.29. The Morgan fingerprint density at radius 2 is 1.92 bits per heavy atom. The Labute approximate surface area is 141 Å². The van der Waals surface area contributed by atoms with Gasteiger partial charge in [0, 0.05) is 0 Å². The van der Waals surface area contributed by atoms with E-state index in [9.17, 15) is 4.79 Å². The van der Waals surface area contributed by atoms with Crippen LogP contribution in [-0.4, -0.2) is 12.1 Å². The lowest BCUT2D eigenvalue weighted by Crippen LogP contribution is -2.12. The molecule has 122 valence electrons. The zero-order valence-corrected chi connectivity index (χ0v) is 13.7. The van der Waals surface area contributed by atoms with Crippen LogP contribution < -0.4 is 4.74 Å². The monoisotopic (exact) mass is 321 g/mol. The van der Waals surface area contributed by atoms with Crippen LogP contribution in [0.2, 0.25) is 0 Å². The number of esters is 1. The first kappa shape index (κ1) is 17.3. The van der Waals surface area contributed by atoms with Crippen molar-refractivity contribution in [3.05, 3.63) is 71.3 Å². The Balaban J connectivity index is 2.10. The second-order valence-electron chi connectivity index (χ2n) is 5.47. The molecule has 0 saturated heterocycles. The van der Waals surface area contributed by atoms with Gasteiger partial charge >= 0.3 is 5.97 Å². The summed E-state index contributed by atoms with van der Waals surface area (Å²) in [7, 11) is 0. The van der Waals surface area contributed by atoms with Crippen molar-refractivity contribution >= 4 is 12.0 Å². The highest BCUT2D eigenvalue weighted by Crippen LogP contribution is 2.18. The van der Waals surface area contributed by atoms with Gasteiger partial charge in [-0.15, -0.1) is 0 Å². The van der Waals surface area contributed by atoms with Crippen LogP contribution in [0.25, 0.3) is 6.08 Å². The van der Waals surface area contributed by atoms with Crippen molar-refractivity contribution in [2.75, 3.05) is 0 Å². The zero-order valence-electron chi connectivity index (χ0n) is 13.7. The number of rotatable bonds is 6. The SMILES string of the molecule is CC(C)OC(=O)C(C#N)=Cc1cccc(OCc2ccccc2)c1. The number of nitrogens with zero attached hydrogens (tertiary/aromatic N) is 1. The first-order valence-electron chi connectivity index (χ1n) is 7.68. The third-order valence-electron chi connectivity index (χ3n) is 3.10. The molecule has 0 N–H and O–H groups in total. The highest BCUT2D eigenvalue weighted by Gasteiger charge is 2.12. The number of carbonyl (C=O) groups is 1. The highest BCUT2D eigenvalue weighted by atomic mass is 16.5. The minimum atomic E-state index is -0.622. The number of carbonyl (C=O) groups excluding carboxylic acids is 1. The second kappa shape index (κ2) is 8.54. The summed E-state index contributed by atoms with van der Waals surface area (Å²) in [4.78, 5) is 11.8. The van der Waals surface area contributed by atoms with Gasteiger partial charge in [-0.2, -0.15) is 5.26 Å². The predicted molar refractivity (Wildman–Crippen MR) is 92.0 cm³/mol. The van der Waals surface area contributed by atoms with Crippen LogP contribution in [0.4, 0.5) is 0 Å². The van der Waals surface area contributed by atoms with Crippen molar-refractivity contribution < 1.29 is 14.3 Å². The van der Waals surface area contributed by atoms with Crippen LogP contribution in [0.15, 0.2) is 60.2 Å². The molecule has 0 unspecified atom stereocenters. The van der Waals surface area contributed by atoms with Crippen molar-refractivity contribution in [3.63, 3.8) is 0 Å². The normalized spacial score (nSPS) is 11.0. The third-order valence-corrected chi connectivity index (χ3v) is 3.10. The maximum atomic E-state index is 11.8. The van der Waals surface area contributed by atoms with E-state index in [4.69, 9.17) is 14.7 Å². The van der Waals surface area contributed by atoms with Crippen LogP contribution in [0.5, 0.6) is 5.75 Å². The van der Waals surface area contributed by atoms with Crippen molar-refractivity contribution in [1.29, 1.82) is 5.26 Å². The van der Waals surface area contributed by atoms with Crippen LogP contribution in [0.1, 0.15) is 25.0 Å². The van der Waals surface area contributed by atoms with Crippen molar-refractivity contribution in [3.8, 4) is 11.8 Å². The van der Waals surface area contributed by atoms with E-state index < -0.39 is 5.97 Å². The standard InChI is InChI=1S/C20H19NO3/c1-15(2)24-20(22)18(13-21)11-17-9-6-10-19(12-17)23-14-16-7-4-3-5-8-16/h3-12,15H,14H2,1-2H3. The molecule has 4 nitrogen and oxygen atoms in total. The average molecular weight is 321 g/mol. The number of ether oxygens (including phenoxy) is 2. The summed E-state index contributed by atoms with van der Waals surface area (Å²) in [5.41, 5.74) is 1.73. The maximum Gasteiger partial charge on any atom is 0.349 e. The van der Waals surface area contributed by atoms with E-state index in [1.54, 1.807) is 26.0 Å². The fourth-order valence-electron chi connectivity index (χ4n) is 2.02. The first-order chi connectivity index (χ1) is 11.6. The van der Waals surface area contributed by atoms with Crippen LogP contribution in [-0.2, 0) is 16.1 Å². The molecule has 0 radical (unpaired) electrons. The molecule has 0 aliphatic rings. The van der Waals surface area contributed by atoms with Crippen LogP contribution >= 0.6 is 0 Å². The molecule has 0 atom stereocenters. The molecule has 2 aromatic rings. The summed E-state index contributed by atoms with van der Waals surface area (Å²) in [6.07, 6.45) is 1.23. The summed E-state index contributed by atoms with van der Waals surface area (Å²) in [5.74, 6) is 0.0465. The molecule has 2 aromatic carbocycles. The minimum Gasteiger partial charge on any atom is -0.489 e. The van der Waals surface area contributed by atoms with Crippen molar-refractivity contribution in [2.45, 2.75) is 26.6 Å². The minimum absolute atomic E-state index is 0.0380. The molecule has 0 saturated carbocycles. The van der Waals surface area contributed by atoms with E-state index in [0.717, 1.165) is 5.56 Å². The molecule has 0 amide bonds. The summed E-state index contributed by atoms with van der Waals surface area (Å²) in [5, 5.41) is 9.14. The summed E-state index contributed by atoms with van der Waals surface area (Å²) >= 11 is 0. The molecular formula is C20H19NO3. The van der Waals surface area contributed by atoms with Gasteiger partial charge in [-0.3, -0.25) is 0 Å². The molecular weight excluding hydrogens is 302 g/mol. The quantitative estimate of drug-likeness (QED) is 0.456. The molecule has 0 bridgehead atoms. The van der Waals surface area contributed by atoms with Gasteiger partial charge in [0.25, 0.3) is 0 Å². The molecule has 0 aliphatic heterocycles.